The number of carbonyl (C=O) groups is 4. The lowest BCUT2D eigenvalue weighted by Crippen LogP contribution is -2.30. The molecule has 5 atom stereocenters. The fourth-order valence-corrected chi connectivity index (χ4v) is 13.5. The van der Waals surface area contributed by atoms with E-state index in [1.54, 1.807) is 0 Å². The Morgan fingerprint density at radius 2 is 0.433 bits per heavy atom. The van der Waals surface area contributed by atoms with Crippen molar-refractivity contribution in [3.63, 3.8) is 0 Å². The quantitative estimate of drug-likeness (QED) is 0.0222. The molecule has 0 radical (unpaired) electrons. The molecule has 0 rings (SSSR count). The van der Waals surface area contributed by atoms with E-state index in [-0.39, 0.29) is 25.7 Å². The number of aliphatic hydroxyl groups excluding tert-OH is 1. The van der Waals surface area contributed by atoms with Crippen molar-refractivity contribution in [3.8, 4) is 0 Å². The van der Waals surface area contributed by atoms with Crippen LogP contribution in [0.15, 0.2) is 0 Å². The molecule has 0 aliphatic rings. The number of unbranched alkanes of at least 4 members (excludes halogenated alkanes) is 41. The summed E-state index contributed by atoms with van der Waals surface area (Å²) in [6.45, 7) is 14.2. The Labute approximate surface area is 594 Å². The molecular formula is C78H152O17P2. The van der Waals surface area contributed by atoms with Crippen LogP contribution < -0.4 is 0 Å². The summed E-state index contributed by atoms with van der Waals surface area (Å²) in [7, 11) is -9.92. The van der Waals surface area contributed by atoms with Crippen LogP contribution in [0.5, 0.6) is 0 Å². The van der Waals surface area contributed by atoms with E-state index in [0.29, 0.717) is 31.6 Å². The van der Waals surface area contributed by atoms with Crippen molar-refractivity contribution in [2.24, 2.45) is 23.7 Å². The third-order valence-electron chi connectivity index (χ3n) is 18.1. The highest BCUT2D eigenvalue weighted by Gasteiger charge is 2.30. The highest BCUT2D eigenvalue weighted by atomic mass is 31.2. The van der Waals surface area contributed by atoms with Crippen LogP contribution in [0.4, 0.5) is 0 Å². The summed E-state index contributed by atoms with van der Waals surface area (Å²) in [6, 6.07) is 0. The highest BCUT2D eigenvalue weighted by Crippen LogP contribution is 2.45. The smallest absolute Gasteiger partial charge is 0.462 e. The maximum absolute atomic E-state index is 13.1. The van der Waals surface area contributed by atoms with Gasteiger partial charge in [0.25, 0.3) is 0 Å². The van der Waals surface area contributed by atoms with Gasteiger partial charge in [-0.05, 0) is 49.4 Å². The fourth-order valence-electron chi connectivity index (χ4n) is 11.9. The van der Waals surface area contributed by atoms with Gasteiger partial charge in [0.15, 0.2) is 12.2 Å². The molecule has 0 amide bonds. The van der Waals surface area contributed by atoms with E-state index < -0.39 is 97.5 Å². The van der Waals surface area contributed by atoms with Crippen LogP contribution in [0.1, 0.15) is 396 Å². The van der Waals surface area contributed by atoms with E-state index in [1.807, 2.05) is 0 Å². The molecule has 0 aromatic rings. The van der Waals surface area contributed by atoms with Gasteiger partial charge in [-0.2, -0.15) is 0 Å². The first kappa shape index (κ1) is 95.1. The highest BCUT2D eigenvalue weighted by molar-refractivity contribution is 7.47. The molecule has 0 bridgehead atoms. The first-order valence-corrected chi connectivity index (χ1v) is 43.2. The van der Waals surface area contributed by atoms with Crippen LogP contribution in [0, 0.1) is 23.7 Å². The topological polar surface area (TPSA) is 237 Å². The maximum Gasteiger partial charge on any atom is 0.472 e. The minimum absolute atomic E-state index is 0.106. The number of phosphoric acid groups is 2. The Bertz CT molecular complexity index is 1900. The van der Waals surface area contributed by atoms with Gasteiger partial charge in [0.05, 0.1) is 26.4 Å². The molecule has 0 fully saturated rings. The molecule has 17 nitrogen and oxygen atoms in total. The number of hydrogen-bond acceptors (Lipinski definition) is 15. The molecule has 19 heteroatoms. The predicted molar refractivity (Wildman–Crippen MR) is 395 cm³/mol. The molecule has 0 aromatic heterocycles. The summed E-state index contributed by atoms with van der Waals surface area (Å²) < 4.78 is 68.6. The van der Waals surface area contributed by atoms with Crippen molar-refractivity contribution in [2.45, 2.75) is 414 Å². The lowest BCUT2D eigenvalue weighted by atomic mass is 10.0. The van der Waals surface area contributed by atoms with E-state index in [1.165, 1.54) is 193 Å². The van der Waals surface area contributed by atoms with Gasteiger partial charge in [-0.1, -0.05) is 344 Å². The SMILES string of the molecule is CC(C)CCCCCCCCCCCCCCCCCC(=O)O[C@H](COC(=O)CCCCCCCCC(C)C)COP(=O)(O)OCC(O)COP(=O)(O)OC[C@@H](COC(=O)CCCCCCCCCCCCCCC(C)C)OC(=O)CCCCCCCCCCCCCCC(C)C. The summed E-state index contributed by atoms with van der Waals surface area (Å²) in [4.78, 5) is 72.9. The van der Waals surface area contributed by atoms with E-state index in [2.05, 4.69) is 55.4 Å². The number of aliphatic hydroxyl groups is 1. The maximum atomic E-state index is 13.1. The number of carbonyl (C=O) groups excluding carboxylic acids is 4. The van der Waals surface area contributed by atoms with Crippen LogP contribution in [-0.2, 0) is 65.4 Å². The summed E-state index contributed by atoms with van der Waals surface area (Å²) in [5, 5.41) is 10.6. The number of phosphoric ester groups is 2. The van der Waals surface area contributed by atoms with Gasteiger partial charge < -0.3 is 33.8 Å². The van der Waals surface area contributed by atoms with Crippen molar-refractivity contribution in [3.05, 3.63) is 0 Å². The third kappa shape index (κ3) is 72.2. The number of esters is 4. The molecule has 0 aromatic carbocycles. The Morgan fingerprint density at radius 1 is 0.258 bits per heavy atom. The molecule has 97 heavy (non-hydrogen) atoms. The third-order valence-corrected chi connectivity index (χ3v) is 20.0. The Hall–Kier alpha value is -1.94. The Kier molecular flexibility index (Phi) is 65.9. The second-order valence-corrected chi connectivity index (χ2v) is 32.9. The first-order valence-electron chi connectivity index (χ1n) is 40.2. The fraction of sp³-hybridized carbons (Fsp3) is 0.949. The van der Waals surface area contributed by atoms with Gasteiger partial charge >= 0.3 is 39.5 Å². The predicted octanol–water partition coefficient (Wildman–Crippen LogP) is 22.8. The Morgan fingerprint density at radius 3 is 0.639 bits per heavy atom. The van der Waals surface area contributed by atoms with E-state index >= 15 is 0 Å². The van der Waals surface area contributed by atoms with E-state index in [0.717, 1.165) is 114 Å². The van der Waals surface area contributed by atoms with Crippen molar-refractivity contribution in [2.75, 3.05) is 39.6 Å². The van der Waals surface area contributed by atoms with Crippen molar-refractivity contribution < 1.29 is 80.2 Å². The van der Waals surface area contributed by atoms with Crippen molar-refractivity contribution >= 4 is 39.5 Å². The number of rotatable bonds is 75. The van der Waals surface area contributed by atoms with Gasteiger partial charge in [0.2, 0.25) is 0 Å². The minimum Gasteiger partial charge on any atom is -0.462 e. The second-order valence-electron chi connectivity index (χ2n) is 30.0. The zero-order valence-corrected chi connectivity index (χ0v) is 65.5. The van der Waals surface area contributed by atoms with Crippen LogP contribution in [0.25, 0.3) is 0 Å². The summed E-state index contributed by atoms with van der Waals surface area (Å²) in [5.74, 6) is 0.921. The Balaban J connectivity index is 5.23. The van der Waals surface area contributed by atoms with E-state index in [4.69, 9.17) is 37.0 Å². The number of hydrogen-bond donors (Lipinski definition) is 3. The lowest BCUT2D eigenvalue weighted by Gasteiger charge is -2.21. The largest absolute Gasteiger partial charge is 0.472 e. The normalized spacial score (nSPS) is 14.1. The first-order chi connectivity index (χ1) is 46.6. The van der Waals surface area contributed by atoms with Gasteiger partial charge in [0.1, 0.15) is 19.3 Å². The van der Waals surface area contributed by atoms with Crippen LogP contribution in [0.3, 0.4) is 0 Å². The summed E-state index contributed by atoms with van der Waals surface area (Å²) in [6.07, 6.45) is 52.8. The van der Waals surface area contributed by atoms with Crippen LogP contribution in [0.2, 0.25) is 0 Å². The minimum atomic E-state index is -4.96. The van der Waals surface area contributed by atoms with Gasteiger partial charge in [0, 0.05) is 25.7 Å². The molecule has 3 unspecified atom stereocenters. The molecule has 0 saturated heterocycles. The molecule has 576 valence electrons. The average molecular weight is 1420 g/mol. The molecule has 0 heterocycles. The monoisotopic (exact) mass is 1420 g/mol. The summed E-state index contributed by atoms with van der Waals surface area (Å²) in [5.41, 5.74) is 0. The lowest BCUT2D eigenvalue weighted by molar-refractivity contribution is -0.161. The van der Waals surface area contributed by atoms with Crippen molar-refractivity contribution in [1.29, 1.82) is 0 Å². The second kappa shape index (κ2) is 67.2. The van der Waals surface area contributed by atoms with Gasteiger partial charge in [-0.15, -0.1) is 0 Å². The zero-order chi connectivity index (χ0) is 71.7. The van der Waals surface area contributed by atoms with E-state index in [9.17, 15) is 43.2 Å². The molecule has 0 aliphatic heterocycles. The van der Waals surface area contributed by atoms with Crippen LogP contribution >= 0.6 is 15.6 Å². The van der Waals surface area contributed by atoms with Crippen LogP contribution in [-0.4, -0.2) is 96.7 Å². The molecule has 0 saturated carbocycles. The van der Waals surface area contributed by atoms with Gasteiger partial charge in [-0.3, -0.25) is 37.3 Å². The summed E-state index contributed by atoms with van der Waals surface area (Å²) >= 11 is 0. The standard InChI is InChI=1S/C78H152O17P2/c1-68(2)54-46-38-30-24-18-12-10-9-11-13-22-28-34-44-52-60-78(83)95-74(65-89-76(81)59-51-43-37-36-41-49-57-71(7)8)67-93-97(86,87)91-63-72(79)62-90-96(84,85)92-66-73(94-77(82)61-53-45-35-29-23-17-15-20-26-32-40-48-56-70(5)6)64-88-75(80)58-50-42-33-27-21-16-14-19-25-31-39-47-55-69(3)4/h68-74,79H,9-67H2,1-8H3,(H,84,85)(H,86,87)/t72?,73-,74-/m1/s1. The molecule has 0 spiro atoms. The average Bonchev–Trinajstić information content (AvgIpc) is 1.07. The molecular weight excluding hydrogens is 1270 g/mol. The molecule has 0 aliphatic carbocycles. The number of ether oxygens (including phenoxy) is 4. The van der Waals surface area contributed by atoms with Crippen molar-refractivity contribution in [1.82, 2.24) is 0 Å². The molecule has 3 N–H and O–H groups in total. The zero-order valence-electron chi connectivity index (χ0n) is 63.7. The van der Waals surface area contributed by atoms with Gasteiger partial charge in [-0.25, -0.2) is 9.13 Å².